The van der Waals surface area contributed by atoms with Crippen molar-refractivity contribution in [2.45, 2.75) is 33.7 Å². The molecule has 1 heterocycles. The number of methoxy groups -OCH3 is 1. The van der Waals surface area contributed by atoms with E-state index in [2.05, 4.69) is 38.0 Å². The minimum atomic E-state index is -0.373. The number of aromatic nitrogens is 1. The Morgan fingerprint density at radius 2 is 2.12 bits per heavy atom. The summed E-state index contributed by atoms with van der Waals surface area (Å²) in [6.07, 6.45) is 1.66. The monoisotopic (exact) mass is 236 g/mol. The minimum absolute atomic E-state index is 0.0882. The van der Waals surface area contributed by atoms with Crippen LogP contribution in [-0.2, 0) is 4.74 Å². The van der Waals surface area contributed by atoms with E-state index in [1.54, 1.807) is 18.3 Å². The summed E-state index contributed by atoms with van der Waals surface area (Å²) in [7, 11) is 1.37. The zero-order chi connectivity index (χ0) is 13.1. The van der Waals surface area contributed by atoms with E-state index in [0.717, 1.165) is 0 Å². The van der Waals surface area contributed by atoms with Crippen molar-refractivity contribution in [2.24, 2.45) is 5.41 Å². The summed E-state index contributed by atoms with van der Waals surface area (Å²) in [5.41, 5.74) is 0.552. The van der Waals surface area contributed by atoms with E-state index in [1.807, 2.05) is 0 Å². The number of esters is 1. The summed E-state index contributed by atoms with van der Waals surface area (Å²) in [4.78, 5) is 15.8. The van der Waals surface area contributed by atoms with E-state index in [4.69, 9.17) is 4.74 Å². The van der Waals surface area contributed by atoms with Gasteiger partial charge in [0.15, 0.2) is 0 Å². The third kappa shape index (κ3) is 3.44. The van der Waals surface area contributed by atoms with Gasteiger partial charge < -0.3 is 10.1 Å². The van der Waals surface area contributed by atoms with E-state index < -0.39 is 0 Å². The highest BCUT2D eigenvalue weighted by Crippen LogP contribution is 2.23. The SMILES string of the molecule is COC(=O)c1cccnc1NC(C)C(C)(C)C. The molecule has 0 fully saturated rings. The van der Waals surface area contributed by atoms with Gasteiger partial charge in [0.2, 0.25) is 0 Å². The van der Waals surface area contributed by atoms with Crippen LogP contribution in [0.25, 0.3) is 0 Å². The third-order valence-corrected chi connectivity index (χ3v) is 2.87. The number of anilines is 1. The molecule has 0 bridgehead atoms. The Bertz CT molecular complexity index is 397. The second-order valence-corrected chi connectivity index (χ2v) is 5.12. The molecular formula is C13H20N2O2. The number of pyridine rings is 1. The molecule has 4 heteroatoms. The number of nitrogens with one attached hydrogen (secondary N) is 1. The largest absolute Gasteiger partial charge is 0.465 e. The highest BCUT2D eigenvalue weighted by Gasteiger charge is 2.22. The molecule has 0 saturated heterocycles. The highest BCUT2D eigenvalue weighted by atomic mass is 16.5. The van der Waals surface area contributed by atoms with Crippen LogP contribution in [0.5, 0.6) is 0 Å². The molecule has 1 N–H and O–H groups in total. The maximum atomic E-state index is 11.6. The van der Waals surface area contributed by atoms with Crippen LogP contribution < -0.4 is 5.32 Å². The fraction of sp³-hybridized carbons (Fsp3) is 0.538. The highest BCUT2D eigenvalue weighted by molar-refractivity contribution is 5.94. The molecular weight excluding hydrogens is 216 g/mol. The normalized spacial score (nSPS) is 13.0. The lowest BCUT2D eigenvalue weighted by atomic mass is 9.88. The van der Waals surface area contributed by atoms with Crippen molar-refractivity contribution in [3.63, 3.8) is 0 Å². The van der Waals surface area contributed by atoms with Gasteiger partial charge >= 0.3 is 5.97 Å². The lowest BCUT2D eigenvalue weighted by Gasteiger charge is -2.29. The summed E-state index contributed by atoms with van der Waals surface area (Å²) in [6.45, 7) is 8.46. The van der Waals surface area contributed by atoms with Gasteiger partial charge in [0.05, 0.1) is 7.11 Å². The summed E-state index contributed by atoms with van der Waals surface area (Å²) in [5.74, 6) is 0.198. The Morgan fingerprint density at radius 1 is 1.47 bits per heavy atom. The zero-order valence-electron chi connectivity index (χ0n) is 11.1. The predicted molar refractivity (Wildman–Crippen MR) is 68.1 cm³/mol. The first-order valence-electron chi connectivity index (χ1n) is 5.66. The van der Waals surface area contributed by atoms with Gasteiger partial charge in [-0.2, -0.15) is 0 Å². The fourth-order valence-corrected chi connectivity index (χ4v) is 1.22. The molecule has 1 unspecified atom stereocenters. The Hall–Kier alpha value is -1.58. The molecule has 0 radical (unpaired) electrons. The van der Waals surface area contributed by atoms with Gasteiger partial charge in [-0.3, -0.25) is 0 Å². The molecule has 0 aliphatic rings. The van der Waals surface area contributed by atoms with Crippen molar-refractivity contribution in [1.82, 2.24) is 4.98 Å². The van der Waals surface area contributed by atoms with Crippen molar-refractivity contribution in [3.05, 3.63) is 23.9 Å². The maximum absolute atomic E-state index is 11.6. The second kappa shape index (κ2) is 5.17. The van der Waals surface area contributed by atoms with Crippen LogP contribution in [0.2, 0.25) is 0 Å². The molecule has 0 aromatic carbocycles. The van der Waals surface area contributed by atoms with Crippen LogP contribution in [0.4, 0.5) is 5.82 Å². The first-order valence-corrected chi connectivity index (χ1v) is 5.66. The summed E-state index contributed by atoms with van der Waals surface area (Å²) < 4.78 is 4.73. The smallest absolute Gasteiger partial charge is 0.341 e. The predicted octanol–water partition coefficient (Wildman–Crippen LogP) is 2.71. The quantitative estimate of drug-likeness (QED) is 0.820. The molecule has 0 amide bonds. The van der Waals surface area contributed by atoms with Crippen molar-refractivity contribution < 1.29 is 9.53 Å². The first-order chi connectivity index (χ1) is 7.86. The summed E-state index contributed by atoms with van der Waals surface area (Å²) >= 11 is 0. The minimum Gasteiger partial charge on any atom is -0.465 e. The third-order valence-electron chi connectivity index (χ3n) is 2.87. The van der Waals surface area contributed by atoms with Gasteiger partial charge in [-0.05, 0) is 24.5 Å². The number of hydrogen-bond acceptors (Lipinski definition) is 4. The number of nitrogens with zero attached hydrogens (tertiary/aromatic N) is 1. The Balaban J connectivity index is 2.95. The van der Waals surface area contributed by atoms with Crippen molar-refractivity contribution >= 4 is 11.8 Å². The standard InChI is InChI=1S/C13H20N2O2/c1-9(13(2,3)4)15-11-10(12(16)17-5)7-6-8-14-11/h6-9H,1-5H3,(H,14,15). The average Bonchev–Trinajstić information content (AvgIpc) is 2.27. The van der Waals surface area contributed by atoms with E-state index in [0.29, 0.717) is 11.4 Å². The van der Waals surface area contributed by atoms with E-state index in [1.165, 1.54) is 7.11 Å². The Kier molecular flexibility index (Phi) is 4.10. The van der Waals surface area contributed by atoms with Crippen molar-refractivity contribution in [3.8, 4) is 0 Å². The molecule has 4 nitrogen and oxygen atoms in total. The number of ether oxygens (including phenoxy) is 1. The van der Waals surface area contributed by atoms with Crippen LogP contribution in [0.15, 0.2) is 18.3 Å². The number of carbonyl (C=O) groups is 1. The molecule has 1 atom stereocenters. The van der Waals surface area contributed by atoms with Crippen LogP contribution in [0.3, 0.4) is 0 Å². The van der Waals surface area contributed by atoms with Crippen LogP contribution in [0.1, 0.15) is 38.1 Å². The molecule has 94 valence electrons. The van der Waals surface area contributed by atoms with Gasteiger partial charge in [-0.15, -0.1) is 0 Å². The lowest BCUT2D eigenvalue weighted by Crippen LogP contribution is -2.31. The number of carbonyl (C=O) groups excluding carboxylic acids is 1. The van der Waals surface area contributed by atoms with Crippen molar-refractivity contribution in [2.75, 3.05) is 12.4 Å². The number of hydrogen-bond donors (Lipinski definition) is 1. The first kappa shape index (κ1) is 13.5. The Morgan fingerprint density at radius 3 is 2.65 bits per heavy atom. The molecule has 0 saturated carbocycles. The van der Waals surface area contributed by atoms with E-state index >= 15 is 0 Å². The van der Waals surface area contributed by atoms with Gasteiger partial charge in [0, 0.05) is 12.2 Å². The van der Waals surface area contributed by atoms with Gasteiger partial charge in [-0.25, -0.2) is 9.78 Å². The molecule has 0 spiro atoms. The van der Waals surface area contributed by atoms with Gasteiger partial charge in [0.25, 0.3) is 0 Å². The summed E-state index contributed by atoms with van der Waals surface area (Å²) in [5, 5.41) is 3.25. The van der Waals surface area contributed by atoms with Crippen LogP contribution >= 0.6 is 0 Å². The lowest BCUT2D eigenvalue weighted by molar-refractivity contribution is 0.0601. The molecule has 1 aromatic rings. The van der Waals surface area contributed by atoms with E-state index in [9.17, 15) is 4.79 Å². The Labute approximate surface area is 102 Å². The van der Waals surface area contributed by atoms with Gasteiger partial charge in [0.1, 0.15) is 11.4 Å². The molecule has 0 aliphatic heterocycles. The fourth-order valence-electron chi connectivity index (χ4n) is 1.22. The topological polar surface area (TPSA) is 51.2 Å². The summed E-state index contributed by atoms with van der Waals surface area (Å²) in [6, 6.07) is 3.62. The second-order valence-electron chi connectivity index (χ2n) is 5.12. The zero-order valence-corrected chi connectivity index (χ0v) is 11.1. The average molecular weight is 236 g/mol. The molecule has 17 heavy (non-hydrogen) atoms. The van der Waals surface area contributed by atoms with Gasteiger partial charge in [-0.1, -0.05) is 20.8 Å². The van der Waals surface area contributed by atoms with Crippen LogP contribution in [-0.4, -0.2) is 24.1 Å². The number of rotatable bonds is 3. The maximum Gasteiger partial charge on any atom is 0.341 e. The van der Waals surface area contributed by atoms with Crippen LogP contribution in [0, 0.1) is 5.41 Å². The van der Waals surface area contributed by atoms with E-state index in [-0.39, 0.29) is 17.4 Å². The van der Waals surface area contributed by atoms with Crippen molar-refractivity contribution in [1.29, 1.82) is 0 Å². The molecule has 1 aromatic heterocycles. The molecule has 1 rings (SSSR count). The molecule has 0 aliphatic carbocycles.